The highest BCUT2D eigenvalue weighted by atomic mass is 16.5. The molecule has 0 saturated carbocycles. The molecule has 1 aromatic rings. The van der Waals surface area contributed by atoms with E-state index < -0.39 is 11.9 Å². The molecular formula is C13H17NO5. The number of hydrogen-bond donors (Lipinski definition) is 0. The van der Waals surface area contributed by atoms with Crippen molar-refractivity contribution in [1.82, 2.24) is 0 Å². The summed E-state index contributed by atoms with van der Waals surface area (Å²) in [5, 5.41) is 0. The first-order valence-electron chi connectivity index (χ1n) is 5.54. The van der Waals surface area contributed by atoms with Crippen LogP contribution in [0.5, 0.6) is 11.5 Å². The normalized spacial score (nSPS) is 9.74. The highest BCUT2D eigenvalue weighted by Gasteiger charge is 2.24. The van der Waals surface area contributed by atoms with Crippen LogP contribution in [0.1, 0.15) is 5.56 Å². The van der Waals surface area contributed by atoms with E-state index in [9.17, 15) is 9.59 Å². The fourth-order valence-corrected chi connectivity index (χ4v) is 1.74. The highest BCUT2D eigenvalue weighted by molar-refractivity contribution is 6.38. The molecule has 0 aromatic heterocycles. The van der Waals surface area contributed by atoms with Crippen molar-refractivity contribution in [2.75, 3.05) is 33.3 Å². The zero-order valence-electron chi connectivity index (χ0n) is 11.6. The zero-order valence-corrected chi connectivity index (χ0v) is 11.6. The Morgan fingerprint density at radius 3 is 2.21 bits per heavy atom. The average molecular weight is 267 g/mol. The number of benzene rings is 1. The topological polar surface area (TPSA) is 65.1 Å². The summed E-state index contributed by atoms with van der Waals surface area (Å²) >= 11 is 0. The maximum Gasteiger partial charge on any atom is 0.397 e. The number of likely N-dealkylation sites (N-methyl/N-ethyl adjacent to an activating group) is 1. The Hall–Kier alpha value is -2.24. The molecule has 0 fully saturated rings. The molecule has 6 nitrogen and oxygen atoms in total. The molecule has 1 aromatic carbocycles. The van der Waals surface area contributed by atoms with Crippen molar-refractivity contribution in [1.29, 1.82) is 0 Å². The monoisotopic (exact) mass is 267 g/mol. The standard InChI is InChI=1S/C13H17NO5/c1-8-6-9(17-3)7-10(18-4)11(8)14(2)12(15)13(16)19-5/h6-7H,1-5H3. The lowest BCUT2D eigenvalue weighted by Gasteiger charge is -2.21. The Morgan fingerprint density at radius 1 is 1.11 bits per heavy atom. The summed E-state index contributed by atoms with van der Waals surface area (Å²) in [5.41, 5.74) is 1.25. The van der Waals surface area contributed by atoms with Gasteiger partial charge in [0.25, 0.3) is 0 Å². The van der Waals surface area contributed by atoms with Crippen LogP contribution in [0.25, 0.3) is 0 Å². The average Bonchev–Trinajstić information content (AvgIpc) is 2.43. The van der Waals surface area contributed by atoms with Gasteiger partial charge in [0.15, 0.2) is 0 Å². The van der Waals surface area contributed by atoms with Gasteiger partial charge in [0, 0.05) is 13.1 Å². The fraction of sp³-hybridized carbons (Fsp3) is 0.385. The minimum absolute atomic E-state index is 0.441. The molecule has 0 spiro atoms. The van der Waals surface area contributed by atoms with E-state index in [1.165, 1.54) is 26.2 Å². The maximum absolute atomic E-state index is 11.8. The van der Waals surface area contributed by atoms with Crippen LogP contribution in [0, 0.1) is 6.92 Å². The number of nitrogens with zero attached hydrogens (tertiary/aromatic N) is 1. The largest absolute Gasteiger partial charge is 0.497 e. The minimum atomic E-state index is -0.931. The van der Waals surface area contributed by atoms with Gasteiger partial charge in [0.1, 0.15) is 11.5 Å². The second kappa shape index (κ2) is 6.08. The lowest BCUT2D eigenvalue weighted by Crippen LogP contribution is -2.34. The molecule has 0 atom stereocenters. The quantitative estimate of drug-likeness (QED) is 0.607. The van der Waals surface area contributed by atoms with Crippen molar-refractivity contribution in [3.63, 3.8) is 0 Å². The van der Waals surface area contributed by atoms with E-state index in [0.29, 0.717) is 17.2 Å². The van der Waals surface area contributed by atoms with Crippen LogP contribution < -0.4 is 14.4 Å². The van der Waals surface area contributed by atoms with Crippen molar-refractivity contribution in [3.05, 3.63) is 17.7 Å². The van der Waals surface area contributed by atoms with Crippen molar-refractivity contribution < 1.29 is 23.8 Å². The van der Waals surface area contributed by atoms with Gasteiger partial charge in [-0.2, -0.15) is 0 Å². The number of anilines is 1. The van der Waals surface area contributed by atoms with E-state index in [4.69, 9.17) is 9.47 Å². The third kappa shape index (κ3) is 2.96. The lowest BCUT2D eigenvalue weighted by molar-refractivity contribution is -0.151. The van der Waals surface area contributed by atoms with E-state index in [0.717, 1.165) is 12.7 Å². The Kier molecular flexibility index (Phi) is 4.74. The molecule has 0 aliphatic heterocycles. The zero-order chi connectivity index (χ0) is 14.6. The number of carbonyl (C=O) groups excluding carboxylic acids is 2. The Balaban J connectivity index is 3.26. The molecule has 0 heterocycles. The number of amides is 1. The highest BCUT2D eigenvalue weighted by Crippen LogP contribution is 2.35. The van der Waals surface area contributed by atoms with E-state index in [2.05, 4.69) is 4.74 Å². The molecular weight excluding hydrogens is 250 g/mol. The molecule has 6 heteroatoms. The number of ether oxygens (including phenoxy) is 3. The van der Waals surface area contributed by atoms with Crippen molar-refractivity contribution in [2.24, 2.45) is 0 Å². The predicted molar refractivity (Wildman–Crippen MR) is 69.7 cm³/mol. The molecule has 104 valence electrons. The molecule has 0 radical (unpaired) electrons. The molecule has 0 N–H and O–H groups in total. The van der Waals surface area contributed by atoms with Gasteiger partial charge in [-0.1, -0.05) is 0 Å². The first kappa shape index (κ1) is 14.8. The number of aryl methyl sites for hydroxylation is 1. The van der Waals surface area contributed by atoms with Crippen LogP contribution in [0.2, 0.25) is 0 Å². The van der Waals surface area contributed by atoms with Crippen LogP contribution in [0.4, 0.5) is 5.69 Å². The summed E-state index contributed by atoms with van der Waals surface area (Å²) in [5.74, 6) is -0.651. The molecule has 0 aliphatic carbocycles. The lowest BCUT2D eigenvalue weighted by atomic mass is 10.1. The van der Waals surface area contributed by atoms with Crippen LogP contribution in [-0.2, 0) is 14.3 Å². The van der Waals surface area contributed by atoms with E-state index in [1.54, 1.807) is 19.1 Å². The predicted octanol–water partition coefficient (Wildman–Crippen LogP) is 1.15. The molecule has 0 bridgehead atoms. The van der Waals surface area contributed by atoms with Gasteiger partial charge < -0.3 is 19.1 Å². The summed E-state index contributed by atoms with van der Waals surface area (Å²) in [6.45, 7) is 1.79. The van der Waals surface area contributed by atoms with Gasteiger partial charge in [-0.25, -0.2) is 4.79 Å². The molecule has 0 saturated heterocycles. The number of carbonyl (C=O) groups is 2. The minimum Gasteiger partial charge on any atom is -0.497 e. The SMILES string of the molecule is COC(=O)C(=O)N(C)c1c(C)cc(OC)cc1OC. The summed E-state index contributed by atoms with van der Waals surface area (Å²) < 4.78 is 14.8. The molecule has 0 aliphatic rings. The Bertz CT molecular complexity index is 498. The Labute approximate surface area is 111 Å². The first-order chi connectivity index (χ1) is 8.96. The molecule has 19 heavy (non-hydrogen) atoms. The van der Waals surface area contributed by atoms with Crippen molar-refractivity contribution >= 4 is 17.6 Å². The van der Waals surface area contributed by atoms with Gasteiger partial charge in [-0.05, 0) is 18.6 Å². The van der Waals surface area contributed by atoms with Gasteiger partial charge in [0.05, 0.1) is 27.0 Å². The molecule has 1 amide bonds. The number of methoxy groups -OCH3 is 3. The van der Waals surface area contributed by atoms with Crippen LogP contribution in [-0.4, -0.2) is 40.3 Å². The van der Waals surface area contributed by atoms with Crippen molar-refractivity contribution in [2.45, 2.75) is 6.92 Å². The second-order valence-electron chi connectivity index (χ2n) is 3.85. The van der Waals surface area contributed by atoms with Crippen LogP contribution in [0.3, 0.4) is 0 Å². The van der Waals surface area contributed by atoms with Gasteiger partial charge >= 0.3 is 11.9 Å². The van der Waals surface area contributed by atoms with Crippen LogP contribution in [0.15, 0.2) is 12.1 Å². The van der Waals surface area contributed by atoms with Crippen molar-refractivity contribution in [3.8, 4) is 11.5 Å². The smallest absolute Gasteiger partial charge is 0.397 e. The third-order valence-corrected chi connectivity index (χ3v) is 2.69. The molecule has 0 unspecified atom stereocenters. The Morgan fingerprint density at radius 2 is 1.74 bits per heavy atom. The summed E-state index contributed by atoms with van der Waals surface area (Å²) in [6, 6.07) is 3.39. The fourth-order valence-electron chi connectivity index (χ4n) is 1.74. The maximum atomic E-state index is 11.8. The first-order valence-corrected chi connectivity index (χ1v) is 5.54. The van der Waals surface area contributed by atoms with Crippen LogP contribution >= 0.6 is 0 Å². The summed E-state index contributed by atoms with van der Waals surface area (Å²) in [7, 11) is 5.66. The van der Waals surface area contributed by atoms with E-state index in [1.807, 2.05) is 0 Å². The van der Waals surface area contributed by atoms with Gasteiger partial charge in [0.2, 0.25) is 0 Å². The van der Waals surface area contributed by atoms with Gasteiger partial charge in [-0.3, -0.25) is 4.79 Å². The number of esters is 1. The molecule has 1 rings (SSSR count). The summed E-state index contributed by atoms with van der Waals surface area (Å²) in [4.78, 5) is 24.3. The van der Waals surface area contributed by atoms with E-state index in [-0.39, 0.29) is 0 Å². The van der Waals surface area contributed by atoms with E-state index >= 15 is 0 Å². The number of hydrogen-bond acceptors (Lipinski definition) is 5. The number of rotatable bonds is 3. The second-order valence-corrected chi connectivity index (χ2v) is 3.85. The van der Waals surface area contributed by atoms with Gasteiger partial charge in [-0.15, -0.1) is 0 Å². The summed E-state index contributed by atoms with van der Waals surface area (Å²) in [6.07, 6.45) is 0. The third-order valence-electron chi connectivity index (χ3n) is 2.69.